The van der Waals surface area contributed by atoms with E-state index in [1.54, 1.807) is 42.5 Å². The minimum Gasteiger partial charge on any atom is -0.488 e. The average Bonchev–Trinajstić information content (AvgIpc) is 2.77. The van der Waals surface area contributed by atoms with Gasteiger partial charge in [0.15, 0.2) is 11.6 Å². The highest BCUT2D eigenvalue weighted by Crippen LogP contribution is 2.20. The van der Waals surface area contributed by atoms with Crippen LogP contribution in [0.1, 0.15) is 34.5 Å². The highest BCUT2D eigenvalue weighted by Gasteiger charge is 2.17. The number of hydrogen-bond donors (Lipinski definition) is 2. The van der Waals surface area contributed by atoms with Crippen LogP contribution in [0.15, 0.2) is 78.9 Å². The Morgan fingerprint density at radius 2 is 1.60 bits per heavy atom. The van der Waals surface area contributed by atoms with Crippen LogP contribution in [0.4, 0.5) is 4.39 Å². The molecule has 0 bridgehead atoms. The third-order valence-electron chi connectivity index (χ3n) is 4.51. The number of ether oxygens (including phenoxy) is 1. The topological polar surface area (TPSA) is 67.4 Å². The normalized spacial score (nSPS) is 11.4. The molecule has 2 amide bonds. The van der Waals surface area contributed by atoms with Crippen molar-refractivity contribution in [1.29, 1.82) is 0 Å². The van der Waals surface area contributed by atoms with Crippen molar-refractivity contribution in [3.8, 4) is 5.75 Å². The first-order valence-corrected chi connectivity index (χ1v) is 9.59. The number of amides is 2. The van der Waals surface area contributed by atoms with Gasteiger partial charge >= 0.3 is 0 Å². The van der Waals surface area contributed by atoms with Gasteiger partial charge in [0.1, 0.15) is 6.61 Å². The molecule has 0 saturated heterocycles. The molecule has 0 fully saturated rings. The maximum atomic E-state index is 13.9. The number of para-hydroxylation sites is 1. The van der Waals surface area contributed by atoms with Crippen LogP contribution in [0.2, 0.25) is 0 Å². The fraction of sp³-hybridized carbons (Fsp3) is 0.167. The third kappa shape index (κ3) is 5.91. The number of rotatable bonds is 8. The molecule has 0 spiro atoms. The molecule has 0 saturated carbocycles. The lowest BCUT2D eigenvalue weighted by Gasteiger charge is -2.20. The van der Waals surface area contributed by atoms with Gasteiger partial charge in [-0.05, 0) is 35.4 Å². The minimum atomic E-state index is -0.461. The number of halogens is 1. The van der Waals surface area contributed by atoms with Crippen LogP contribution >= 0.6 is 0 Å². The Bertz CT molecular complexity index is 991. The second-order valence-electron chi connectivity index (χ2n) is 6.78. The molecule has 1 atom stereocenters. The average molecular weight is 406 g/mol. The van der Waals surface area contributed by atoms with Crippen LogP contribution in [0, 0.1) is 5.82 Å². The number of hydrogen-bond acceptors (Lipinski definition) is 3. The summed E-state index contributed by atoms with van der Waals surface area (Å²) in [5.41, 5.74) is 2.22. The molecule has 3 rings (SSSR count). The molecule has 5 nitrogen and oxygen atoms in total. The predicted molar refractivity (Wildman–Crippen MR) is 113 cm³/mol. The van der Waals surface area contributed by atoms with E-state index in [0.29, 0.717) is 12.1 Å². The van der Waals surface area contributed by atoms with Gasteiger partial charge in [0, 0.05) is 19.0 Å². The number of carbonyl (C=O) groups excluding carboxylic acids is 2. The second-order valence-corrected chi connectivity index (χ2v) is 6.78. The van der Waals surface area contributed by atoms with Crippen LogP contribution in [-0.4, -0.2) is 18.4 Å². The smallest absolute Gasteiger partial charge is 0.251 e. The van der Waals surface area contributed by atoms with Crippen LogP contribution in [0.3, 0.4) is 0 Å². The van der Waals surface area contributed by atoms with Crippen LogP contribution in [0.5, 0.6) is 5.75 Å². The Morgan fingerprint density at radius 3 is 2.27 bits per heavy atom. The van der Waals surface area contributed by atoms with Crippen LogP contribution in [-0.2, 0) is 11.3 Å². The Kier molecular flexibility index (Phi) is 7.16. The monoisotopic (exact) mass is 406 g/mol. The standard InChI is InChI=1S/C24H23FN2O3/c1-17(28)26-15-18-11-13-20(14-12-18)24(29)27-22(19-7-3-2-4-8-19)16-30-23-10-6-5-9-21(23)25/h2-14,22H,15-16H2,1H3,(H,26,28)(H,27,29). The van der Waals surface area contributed by atoms with E-state index < -0.39 is 11.9 Å². The van der Waals surface area contributed by atoms with Gasteiger partial charge in [0.2, 0.25) is 5.91 Å². The zero-order chi connectivity index (χ0) is 21.3. The summed E-state index contributed by atoms with van der Waals surface area (Å²) in [6.07, 6.45) is 0. The highest BCUT2D eigenvalue weighted by atomic mass is 19.1. The molecular formula is C24H23FN2O3. The molecule has 0 aromatic heterocycles. The molecule has 0 radical (unpaired) electrons. The first-order valence-electron chi connectivity index (χ1n) is 9.59. The van der Waals surface area contributed by atoms with Crippen molar-refractivity contribution >= 4 is 11.8 Å². The van der Waals surface area contributed by atoms with E-state index >= 15 is 0 Å². The quantitative estimate of drug-likeness (QED) is 0.594. The largest absolute Gasteiger partial charge is 0.488 e. The number of carbonyl (C=O) groups is 2. The summed E-state index contributed by atoms with van der Waals surface area (Å²) < 4.78 is 19.5. The Hall–Kier alpha value is -3.67. The zero-order valence-corrected chi connectivity index (χ0v) is 16.6. The molecule has 30 heavy (non-hydrogen) atoms. The van der Waals surface area contributed by atoms with Crippen molar-refractivity contribution in [3.05, 3.63) is 101 Å². The number of nitrogens with one attached hydrogen (secondary N) is 2. The summed E-state index contributed by atoms with van der Waals surface area (Å²) in [4.78, 5) is 23.8. The molecule has 3 aromatic carbocycles. The molecule has 0 heterocycles. The second kappa shape index (κ2) is 10.2. The summed E-state index contributed by atoms with van der Waals surface area (Å²) in [5, 5.41) is 5.67. The van der Waals surface area contributed by atoms with Crippen LogP contribution in [0.25, 0.3) is 0 Å². The van der Waals surface area contributed by atoms with Gasteiger partial charge < -0.3 is 15.4 Å². The van der Waals surface area contributed by atoms with E-state index in [0.717, 1.165) is 11.1 Å². The summed E-state index contributed by atoms with van der Waals surface area (Å²) in [7, 11) is 0. The lowest BCUT2D eigenvalue weighted by molar-refractivity contribution is -0.119. The van der Waals surface area contributed by atoms with Gasteiger partial charge in [-0.3, -0.25) is 9.59 Å². The van der Waals surface area contributed by atoms with E-state index in [-0.39, 0.29) is 24.2 Å². The molecule has 2 N–H and O–H groups in total. The summed E-state index contributed by atoms with van der Waals surface area (Å²) in [5.74, 6) is -0.704. The number of benzene rings is 3. The first kappa shape index (κ1) is 21.0. The Labute approximate surface area is 174 Å². The van der Waals surface area contributed by atoms with Gasteiger partial charge in [-0.15, -0.1) is 0 Å². The van der Waals surface area contributed by atoms with Gasteiger partial charge in [-0.25, -0.2) is 4.39 Å². The van der Waals surface area contributed by atoms with Gasteiger partial charge in [-0.2, -0.15) is 0 Å². The van der Waals surface area contributed by atoms with Crippen molar-refractivity contribution in [2.45, 2.75) is 19.5 Å². The van der Waals surface area contributed by atoms with E-state index in [4.69, 9.17) is 4.74 Å². The van der Waals surface area contributed by atoms with E-state index in [1.165, 1.54) is 13.0 Å². The molecule has 0 aliphatic heterocycles. The van der Waals surface area contributed by atoms with Crippen molar-refractivity contribution < 1.29 is 18.7 Å². The fourth-order valence-corrected chi connectivity index (χ4v) is 2.88. The summed E-state index contributed by atoms with van der Waals surface area (Å²) >= 11 is 0. The third-order valence-corrected chi connectivity index (χ3v) is 4.51. The van der Waals surface area contributed by atoms with Crippen molar-refractivity contribution in [3.63, 3.8) is 0 Å². The van der Waals surface area contributed by atoms with Crippen molar-refractivity contribution in [1.82, 2.24) is 10.6 Å². The molecule has 3 aromatic rings. The molecule has 1 unspecified atom stereocenters. The van der Waals surface area contributed by atoms with E-state index in [9.17, 15) is 14.0 Å². The summed E-state index contributed by atoms with van der Waals surface area (Å²) in [6, 6.07) is 22.1. The lowest BCUT2D eigenvalue weighted by Crippen LogP contribution is -2.32. The molecule has 154 valence electrons. The van der Waals surface area contributed by atoms with E-state index in [1.807, 2.05) is 30.3 Å². The van der Waals surface area contributed by atoms with Gasteiger partial charge in [-0.1, -0.05) is 54.6 Å². The van der Waals surface area contributed by atoms with E-state index in [2.05, 4.69) is 10.6 Å². The minimum absolute atomic E-state index is 0.0807. The summed E-state index contributed by atoms with van der Waals surface area (Å²) in [6.45, 7) is 1.94. The maximum absolute atomic E-state index is 13.9. The van der Waals surface area contributed by atoms with Crippen molar-refractivity contribution in [2.24, 2.45) is 0 Å². The SMILES string of the molecule is CC(=O)NCc1ccc(C(=O)NC(COc2ccccc2F)c2ccccc2)cc1. The highest BCUT2D eigenvalue weighted by molar-refractivity contribution is 5.94. The molecule has 0 aliphatic carbocycles. The molecule has 6 heteroatoms. The van der Waals surface area contributed by atoms with Crippen LogP contribution < -0.4 is 15.4 Å². The lowest BCUT2D eigenvalue weighted by atomic mass is 10.1. The van der Waals surface area contributed by atoms with Crippen molar-refractivity contribution in [2.75, 3.05) is 6.61 Å². The Morgan fingerprint density at radius 1 is 0.933 bits per heavy atom. The fourth-order valence-electron chi connectivity index (χ4n) is 2.88. The first-order chi connectivity index (χ1) is 14.5. The molecular weight excluding hydrogens is 383 g/mol. The Balaban J connectivity index is 1.70. The molecule has 0 aliphatic rings. The zero-order valence-electron chi connectivity index (χ0n) is 16.6. The maximum Gasteiger partial charge on any atom is 0.251 e. The van der Waals surface area contributed by atoms with Gasteiger partial charge in [0.25, 0.3) is 5.91 Å². The van der Waals surface area contributed by atoms with Gasteiger partial charge in [0.05, 0.1) is 6.04 Å². The predicted octanol–water partition coefficient (Wildman–Crippen LogP) is 4.01.